The maximum Gasteiger partial charge on any atom is 0.222 e. The molecule has 5 heterocycles. The number of imidazole rings is 1. The predicted octanol–water partition coefficient (Wildman–Crippen LogP) is 4.14. The molecule has 0 aliphatic carbocycles. The first-order valence-electron chi connectivity index (χ1n) is 9.89. The summed E-state index contributed by atoms with van der Waals surface area (Å²) in [6.07, 6.45) is 5.34. The second-order valence-corrected chi connectivity index (χ2v) is 8.30. The van der Waals surface area contributed by atoms with E-state index in [1.165, 1.54) is 6.07 Å². The molecule has 6 rings (SSSR count). The minimum atomic E-state index is 0.0570. The third-order valence-corrected chi connectivity index (χ3v) is 5.99. The molecule has 6 aromatic rings. The molecule has 0 bridgehead atoms. The van der Waals surface area contributed by atoms with E-state index in [9.17, 15) is 5.11 Å². The number of rotatable bonds is 3. The molecule has 1 aromatic carbocycles. The largest absolute Gasteiger partial charge is 0.507 e. The predicted molar refractivity (Wildman–Crippen MR) is 125 cm³/mol. The minimum absolute atomic E-state index is 0.0570. The van der Waals surface area contributed by atoms with Gasteiger partial charge in [-0.1, -0.05) is 5.21 Å². The fraction of sp³-hybridized carbons (Fsp3) is 0.0455. The summed E-state index contributed by atoms with van der Waals surface area (Å²) in [4.78, 5) is 13.4. The van der Waals surface area contributed by atoms with Gasteiger partial charge >= 0.3 is 0 Å². The lowest BCUT2D eigenvalue weighted by Crippen LogP contribution is -2.09. The van der Waals surface area contributed by atoms with Crippen LogP contribution in [0.3, 0.4) is 0 Å². The molecule has 0 fully saturated rings. The Morgan fingerprint density at radius 3 is 2.85 bits per heavy atom. The molecule has 0 radical (unpaired) electrons. The molecular weight excluding hydrogens is 488 g/mol. The number of aromatic hydroxyl groups is 1. The van der Waals surface area contributed by atoms with E-state index >= 15 is 0 Å². The molecule has 11 heteroatoms. The van der Waals surface area contributed by atoms with E-state index in [0.717, 1.165) is 16.9 Å². The fourth-order valence-corrected chi connectivity index (χ4v) is 4.15. The van der Waals surface area contributed by atoms with Crippen LogP contribution in [-0.2, 0) is 0 Å². The summed E-state index contributed by atoms with van der Waals surface area (Å²) in [6.45, 7) is 1.98. The van der Waals surface area contributed by atoms with Crippen molar-refractivity contribution in [2.75, 3.05) is 5.73 Å². The van der Waals surface area contributed by atoms with Gasteiger partial charge in [-0.25, -0.2) is 9.97 Å². The van der Waals surface area contributed by atoms with Gasteiger partial charge < -0.3 is 19.7 Å². The number of aryl methyl sites for hydroxylation is 1. The molecule has 3 N–H and O–H groups in total. The van der Waals surface area contributed by atoms with Crippen LogP contribution in [0.4, 0.5) is 5.95 Å². The molecule has 0 unspecified atom stereocenters. The number of pyridine rings is 1. The summed E-state index contributed by atoms with van der Waals surface area (Å²) in [5.41, 5.74) is 11.0. The van der Waals surface area contributed by atoms with Crippen LogP contribution in [0.5, 0.6) is 5.75 Å². The first-order valence-corrected chi connectivity index (χ1v) is 10.7. The number of phenolic OH excluding ortho intramolecular Hbond substituents is 1. The lowest BCUT2D eigenvalue weighted by molar-refractivity contribution is 0.472. The van der Waals surface area contributed by atoms with E-state index in [0.29, 0.717) is 38.3 Å². The van der Waals surface area contributed by atoms with Crippen molar-refractivity contribution in [3.05, 3.63) is 65.2 Å². The van der Waals surface area contributed by atoms with Gasteiger partial charge in [-0.3, -0.25) is 0 Å². The number of nitrogens with zero attached hydrogens (tertiary/aromatic N) is 7. The van der Waals surface area contributed by atoms with Crippen molar-refractivity contribution in [2.24, 2.45) is 0 Å². The zero-order valence-corrected chi connectivity index (χ0v) is 18.7. The second-order valence-electron chi connectivity index (χ2n) is 7.45. The molecule has 0 atom stereocenters. The zero-order valence-electron chi connectivity index (χ0n) is 17.1. The highest BCUT2D eigenvalue weighted by Crippen LogP contribution is 2.37. The summed E-state index contributed by atoms with van der Waals surface area (Å²) in [7, 11) is 0. The summed E-state index contributed by atoms with van der Waals surface area (Å²) >= 11 is 3.36. The molecule has 33 heavy (non-hydrogen) atoms. The van der Waals surface area contributed by atoms with Crippen LogP contribution in [0.15, 0.2) is 63.9 Å². The van der Waals surface area contributed by atoms with E-state index in [1.54, 1.807) is 23.1 Å². The fourth-order valence-electron chi connectivity index (χ4n) is 3.81. The third-order valence-electron chi connectivity index (χ3n) is 5.36. The highest BCUT2D eigenvalue weighted by Gasteiger charge is 2.23. The molecule has 162 valence electrons. The number of halogens is 1. The van der Waals surface area contributed by atoms with E-state index in [4.69, 9.17) is 10.2 Å². The Bertz CT molecular complexity index is 1670. The lowest BCUT2D eigenvalue weighted by Gasteiger charge is -2.14. The van der Waals surface area contributed by atoms with Gasteiger partial charge in [0.2, 0.25) is 5.95 Å². The zero-order chi connectivity index (χ0) is 22.7. The lowest BCUT2D eigenvalue weighted by atomic mass is 10.0. The first kappa shape index (κ1) is 19.4. The average molecular weight is 503 g/mol. The van der Waals surface area contributed by atoms with Gasteiger partial charge in [-0.2, -0.15) is 9.67 Å². The number of benzene rings is 1. The Hall–Kier alpha value is -4.25. The maximum absolute atomic E-state index is 10.1. The van der Waals surface area contributed by atoms with E-state index < -0.39 is 0 Å². The summed E-state index contributed by atoms with van der Waals surface area (Å²) in [5, 5.41) is 18.6. The summed E-state index contributed by atoms with van der Waals surface area (Å²) < 4.78 is 9.74. The van der Waals surface area contributed by atoms with Gasteiger partial charge in [0, 0.05) is 29.7 Å². The molecule has 0 amide bonds. The highest BCUT2D eigenvalue weighted by molar-refractivity contribution is 9.10. The van der Waals surface area contributed by atoms with Crippen LogP contribution in [0.2, 0.25) is 0 Å². The number of fused-ring (bicyclic) bond motifs is 2. The van der Waals surface area contributed by atoms with Crippen molar-refractivity contribution >= 4 is 38.6 Å². The monoisotopic (exact) mass is 502 g/mol. The van der Waals surface area contributed by atoms with Crippen LogP contribution in [0.1, 0.15) is 5.69 Å². The summed E-state index contributed by atoms with van der Waals surface area (Å²) in [6, 6.07) is 10.7. The number of furan rings is 1. The highest BCUT2D eigenvalue weighted by atomic mass is 79.9. The number of anilines is 1. The quantitative estimate of drug-likeness (QED) is 0.368. The van der Waals surface area contributed by atoms with Gasteiger partial charge in [0.25, 0.3) is 0 Å². The number of phenols is 1. The van der Waals surface area contributed by atoms with Crippen molar-refractivity contribution in [2.45, 2.75) is 6.92 Å². The molecule has 10 nitrogen and oxygen atoms in total. The minimum Gasteiger partial charge on any atom is -0.507 e. The van der Waals surface area contributed by atoms with E-state index in [2.05, 4.69) is 41.2 Å². The molecule has 0 aliphatic rings. The molecule has 0 saturated carbocycles. The first-order chi connectivity index (χ1) is 16.0. The average Bonchev–Trinajstić information content (AvgIpc) is 3.54. The Morgan fingerprint density at radius 1 is 1.15 bits per heavy atom. The normalized spacial score (nSPS) is 11.6. The van der Waals surface area contributed by atoms with Crippen LogP contribution in [0.25, 0.3) is 45.1 Å². The molecule has 5 aromatic heterocycles. The molecule has 0 spiro atoms. The molecule has 0 saturated heterocycles. The standard InChI is InChI=1S/C22H15BrN8O2/c1-11-9-25-18-5-4-12(10-30(11)18)19-20(17-3-2-6-33-17)26-22(24)27-21(19)31-15-7-13(23)16(32)8-14(15)28-29-31/h2-10,32H,1H3,(H2,24,26,27). The van der Waals surface area contributed by atoms with E-state index in [-0.39, 0.29) is 11.7 Å². The number of nitrogen functional groups attached to an aromatic ring is 1. The van der Waals surface area contributed by atoms with Crippen molar-refractivity contribution in [1.82, 2.24) is 34.3 Å². The van der Waals surface area contributed by atoms with Crippen molar-refractivity contribution in [3.63, 3.8) is 0 Å². The van der Waals surface area contributed by atoms with Crippen molar-refractivity contribution in [1.29, 1.82) is 0 Å². The number of hydrogen-bond donors (Lipinski definition) is 2. The van der Waals surface area contributed by atoms with Gasteiger partial charge in [0.05, 0.1) is 21.8 Å². The number of hydrogen-bond acceptors (Lipinski definition) is 8. The topological polar surface area (TPSA) is 133 Å². The van der Waals surface area contributed by atoms with E-state index in [1.807, 2.05) is 41.9 Å². The number of aromatic nitrogens is 7. The Kier molecular flexibility index (Phi) is 4.20. The Balaban J connectivity index is 1.71. The van der Waals surface area contributed by atoms with Gasteiger partial charge in [0.1, 0.15) is 22.6 Å². The summed E-state index contributed by atoms with van der Waals surface area (Å²) in [5.74, 6) is 1.08. The third kappa shape index (κ3) is 3.04. The van der Waals surface area contributed by atoms with Crippen molar-refractivity contribution < 1.29 is 9.52 Å². The smallest absolute Gasteiger partial charge is 0.222 e. The van der Waals surface area contributed by atoms with Gasteiger partial charge in [0.15, 0.2) is 11.6 Å². The SMILES string of the molecule is Cc1cnc2ccc(-c3c(-c4ccco4)nc(N)nc3-n3nnc4cc(O)c(Br)cc43)cn12. The van der Waals surface area contributed by atoms with Crippen LogP contribution < -0.4 is 5.73 Å². The maximum atomic E-state index is 10.1. The van der Waals surface area contributed by atoms with Gasteiger partial charge in [-0.15, -0.1) is 5.10 Å². The van der Waals surface area contributed by atoms with Crippen LogP contribution in [-0.4, -0.2) is 39.5 Å². The number of nitrogens with two attached hydrogens (primary N) is 1. The Morgan fingerprint density at radius 2 is 2.03 bits per heavy atom. The van der Waals surface area contributed by atoms with Gasteiger partial charge in [-0.05, 0) is 53.2 Å². The van der Waals surface area contributed by atoms with Crippen LogP contribution in [0, 0.1) is 6.92 Å². The molecular formula is C22H15BrN8O2. The Labute approximate surface area is 194 Å². The van der Waals surface area contributed by atoms with Crippen molar-refractivity contribution in [3.8, 4) is 34.1 Å². The second kappa shape index (κ2) is 7.14. The molecule has 0 aliphatic heterocycles. The van der Waals surface area contributed by atoms with Crippen LogP contribution >= 0.6 is 15.9 Å².